The second-order valence-corrected chi connectivity index (χ2v) is 7.17. The standard InChI is InChI=1S/C19H26N2O.ClH/c22-19(13-21-9-2-1-3-10-21)20-18-8-7-16-11-14-5-4-6-15(14)12-17(16)18;/h11-12,18H,1-10,13H2,(H,20,22);1H. The molecule has 1 amide bonds. The van der Waals surface area contributed by atoms with Crippen LogP contribution >= 0.6 is 0 Å². The van der Waals surface area contributed by atoms with Crippen LogP contribution in [0.2, 0.25) is 0 Å². The summed E-state index contributed by atoms with van der Waals surface area (Å²) in [6.45, 7) is 2.75. The monoisotopic (exact) mass is 334 g/mol. The predicted octanol–water partition coefficient (Wildman–Crippen LogP) is -0.119. The fourth-order valence-electron chi connectivity index (χ4n) is 4.40. The molecule has 2 aliphatic carbocycles. The number of likely N-dealkylation sites (tertiary alicyclic amines) is 1. The third-order valence-electron chi connectivity index (χ3n) is 5.58. The Balaban J connectivity index is 0.00000104. The minimum absolute atomic E-state index is 0. The van der Waals surface area contributed by atoms with E-state index in [9.17, 15) is 4.79 Å². The fourth-order valence-corrected chi connectivity index (χ4v) is 4.40. The minimum atomic E-state index is 0. The molecule has 0 aromatic heterocycles. The number of hydrogen-bond donors (Lipinski definition) is 1. The van der Waals surface area contributed by atoms with Gasteiger partial charge in [0.2, 0.25) is 5.91 Å². The highest BCUT2D eigenvalue weighted by Gasteiger charge is 2.27. The second-order valence-electron chi connectivity index (χ2n) is 7.17. The maximum atomic E-state index is 12.4. The van der Waals surface area contributed by atoms with E-state index in [1.807, 2.05) is 0 Å². The maximum Gasteiger partial charge on any atom is 1.00 e. The van der Waals surface area contributed by atoms with Crippen LogP contribution in [-0.4, -0.2) is 30.4 Å². The Morgan fingerprint density at radius 1 is 1.04 bits per heavy atom. The lowest BCUT2D eigenvalue weighted by molar-refractivity contribution is -0.123. The van der Waals surface area contributed by atoms with Gasteiger partial charge in [0, 0.05) is 0 Å². The SMILES string of the molecule is O=C(CN1CCCCC1)NC1CCc2cc3c(cc21)CCC3.[Cl-].[H+]. The van der Waals surface area contributed by atoms with Crippen molar-refractivity contribution >= 4 is 5.91 Å². The van der Waals surface area contributed by atoms with Gasteiger partial charge in [0.15, 0.2) is 0 Å². The van der Waals surface area contributed by atoms with E-state index in [-0.39, 0.29) is 25.8 Å². The lowest BCUT2D eigenvalue weighted by Crippen LogP contribution is -3.00. The van der Waals surface area contributed by atoms with Gasteiger partial charge in [-0.1, -0.05) is 18.6 Å². The number of aryl methyl sites for hydroxylation is 3. The number of rotatable bonds is 3. The Morgan fingerprint density at radius 2 is 1.78 bits per heavy atom. The van der Waals surface area contributed by atoms with Gasteiger partial charge in [0.1, 0.15) is 0 Å². The van der Waals surface area contributed by atoms with Crippen molar-refractivity contribution in [2.24, 2.45) is 0 Å². The van der Waals surface area contributed by atoms with Crippen molar-refractivity contribution in [2.75, 3.05) is 19.6 Å². The van der Waals surface area contributed by atoms with Crippen molar-refractivity contribution in [1.82, 2.24) is 10.2 Å². The Morgan fingerprint density at radius 3 is 2.57 bits per heavy atom. The summed E-state index contributed by atoms with van der Waals surface area (Å²) in [6.07, 6.45) is 9.76. The summed E-state index contributed by atoms with van der Waals surface area (Å²) in [7, 11) is 0. The Kier molecular flexibility index (Phi) is 5.27. The molecule has 0 bridgehead atoms. The molecule has 1 atom stereocenters. The molecule has 0 spiro atoms. The molecule has 3 nitrogen and oxygen atoms in total. The van der Waals surface area contributed by atoms with Gasteiger partial charge in [-0.25, -0.2) is 0 Å². The molecule has 1 saturated heterocycles. The molecule has 23 heavy (non-hydrogen) atoms. The average molecular weight is 335 g/mol. The zero-order valence-corrected chi connectivity index (χ0v) is 14.5. The zero-order chi connectivity index (χ0) is 14.9. The first-order valence-corrected chi connectivity index (χ1v) is 8.96. The Bertz CT molecular complexity index is 587. The van der Waals surface area contributed by atoms with Gasteiger partial charge in [0.05, 0.1) is 12.6 Å². The average Bonchev–Trinajstić information content (AvgIpc) is 3.13. The van der Waals surface area contributed by atoms with Gasteiger partial charge in [-0.3, -0.25) is 9.69 Å². The molecule has 1 fully saturated rings. The van der Waals surface area contributed by atoms with E-state index >= 15 is 0 Å². The van der Waals surface area contributed by atoms with Crippen molar-refractivity contribution in [2.45, 2.75) is 57.4 Å². The molecule has 0 radical (unpaired) electrons. The van der Waals surface area contributed by atoms with Crippen LogP contribution in [0.1, 0.15) is 61.8 Å². The third kappa shape index (κ3) is 3.56. The molecule has 1 heterocycles. The molecule has 1 unspecified atom stereocenters. The number of halogens is 1. The summed E-state index contributed by atoms with van der Waals surface area (Å²) in [5, 5.41) is 3.29. The maximum absolute atomic E-state index is 12.4. The molecule has 1 aromatic carbocycles. The molecule has 4 rings (SSSR count). The number of hydrogen-bond acceptors (Lipinski definition) is 2. The van der Waals surface area contributed by atoms with Crippen molar-refractivity contribution in [3.05, 3.63) is 34.4 Å². The van der Waals surface area contributed by atoms with Crippen molar-refractivity contribution < 1.29 is 18.6 Å². The molecular formula is C19H27ClN2O. The van der Waals surface area contributed by atoms with Crippen LogP contribution in [0.15, 0.2) is 12.1 Å². The quantitative estimate of drug-likeness (QED) is 0.836. The smallest absolute Gasteiger partial charge is 1.00 e. The first-order valence-electron chi connectivity index (χ1n) is 8.96. The fraction of sp³-hybridized carbons (Fsp3) is 0.632. The largest absolute Gasteiger partial charge is 1.00 e. The summed E-state index contributed by atoms with van der Waals surface area (Å²) < 4.78 is 0. The molecule has 1 N–H and O–H groups in total. The normalized spacial score (nSPS) is 23.0. The number of nitrogens with one attached hydrogen (secondary N) is 1. The van der Waals surface area contributed by atoms with Gasteiger partial charge < -0.3 is 17.7 Å². The molecule has 1 aliphatic heterocycles. The highest BCUT2D eigenvalue weighted by Crippen LogP contribution is 2.36. The van der Waals surface area contributed by atoms with E-state index in [1.54, 1.807) is 5.56 Å². The predicted molar refractivity (Wildman–Crippen MR) is 89.1 cm³/mol. The number of nitrogens with zero attached hydrogens (tertiary/aromatic N) is 1. The first kappa shape index (κ1) is 16.8. The molecular weight excluding hydrogens is 308 g/mol. The van der Waals surface area contributed by atoms with E-state index < -0.39 is 0 Å². The minimum Gasteiger partial charge on any atom is -1.00 e. The van der Waals surface area contributed by atoms with E-state index in [2.05, 4.69) is 22.3 Å². The number of carbonyl (C=O) groups is 1. The summed E-state index contributed by atoms with van der Waals surface area (Å²) in [5.74, 6) is 0.209. The summed E-state index contributed by atoms with van der Waals surface area (Å²) in [5.41, 5.74) is 5.95. The van der Waals surface area contributed by atoms with Crippen LogP contribution in [0, 0.1) is 0 Å². The van der Waals surface area contributed by atoms with Crippen LogP contribution in [0.25, 0.3) is 0 Å². The van der Waals surface area contributed by atoms with Crippen LogP contribution < -0.4 is 17.7 Å². The van der Waals surface area contributed by atoms with Gasteiger partial charge in [-0.2, -0.15) is 0 Å². The molecule has 1 aromatic rings. The van der Waals surface area contributed by atoms with E-state index in [0.717, 1.165) is 25.9 Å². The number of carbonyl (C=O) groups excluding carboxylic acids is 1. The molecule has 0 saturated carbocycles. The lowest BCUT2D eigenvalue weighted by Gasteiger charge is -2.26. The topological polar surface area (TPSA) is 32.3 Å². The van der Waals surface area contributed by atoms with E-state index in [0.29, 0.717) is 6.54 Å². The zero-order valence-electron chi connectivity index (χ0n) is 14.7. The second kappa shape index (κ2) is 7.23. The first-order chi connectivity index (χ1) is 10.8. The van der Waals surface area contributed by atoms with Crippen LogP contribution in [0.3, 0.4) is 0 Å². The Hall–Kier alpha value is -1.06. The highest BCUT2D eigenvalue weighted by atomic mass is 35.5. The van der Waals surface area contributed by atoms with E-state index in [4.69, 9.17) is 0 Å². The van der Waals surface area contributed by atoms with Crippen LogP contribution in [0.4, 0.5) is 0 Å². The highest BCUT2D eigenvalue weighted by molar-refractivity contribution is 5.78. The number of piperidine rings is 1. The summed E-state index contributed by atoms with van der Waals surface area (Å²) in [6, 6.07) is 5.04. The van der Waals surface area contributed by atoms with Crippen molar-refractivity contribution in [3.8, 4) is 0 Å². The van der Waals surface area contributed by atoms with E-state index in [1.165, 1.54) is 55.2 Å². The summed E-state index contributed by atoms with van der Waals surface area (Å²) >= 11 is 0. The molecule has 3 aliphatic rings. The van der Waals surface area contributed by atoms with Crippen molar-refractivity contribution in [3.63, 3.8) is 0 Å². The van der Waals surface area contributed by atoms with Gasteiger partial charge in [0.25, 0.3) is 0 Å². The van der Waals surface area contributed by atoms with Crippen molar-refractivity contribution in [1.29, 1.82) is 0 Å². The third-order valence-corrected chi connectivity index (χ3v) is 5.58. The van der Waals surface area contributed by atoms with Crippen LogP contribution in [0.5, 0.6) is 0 Å². The number of benzene rings is 1. The Labute approximate surface area is 146 Å². The number of amides is 1. The molecule has 4 heteroatoms. The van der Waals surface area contributed by atoms with Gasteiger partial charge >= 0.3 is 1.43 Å². The van der Waals surface area contributed by atoms with Gasteiger partial charge in [-0.05, 0) is 80.3 Å². The summed E-state index contributed by atoms with van der Waals surface area (Å²) in [4.78, 5) is 14.7. The number of fused-ring (bicyclic) bond motifs is 2. The van der Waals surface area contributed by atoms with Gasteiger partial charge in [-0.15, -0.1) is 0 Å². The van der Waals surface area contributed by atoms with Crippen LogP contribution in [-0.2, 0) is 24.1 Å². The lowest BCUT2D eigenvalue weighted by atomic mass is 10.0. The molecule has 126 valence electrons.